The molecule has 0 unspecified atom stereocenters. The molecule has 0 bridgehead atoms. The van der Waals surface area contributed by atoms with Gasteiger partial charge in [-0.1, -0.05) is 0 Å². The average Bonchev–Trinajstić information content (AvgIpc) is 1.77. The van der Waals surface area contributed by atoms with Crippen molar-refractivity contribution in [2.24, 2.45) is 0 Å². The quantitative estimate of drug-likeness (QED) is 0.597. The molecule has 1 N–H and O–H groups in total. The Balaban J connectivity index is 2.09. The maximum Gasteiger partial charge on any atom is 0.508 e. The molecule has 1 aliphatic heterocycles. The first-order chi connectivity index (χ1) is 5.18. The van der Waals surface area contributed by atoms with E-state index in [1.54, 1.807) is 13.8 Å². The van der Waals surface area contributed by atoms with Gasteiger partial charge in [-0.3, -0.25) is 0 Å². The first-order valence-electron chi connectivity index (χ1n) is 3.76. The lowest BCUT2D eigenvalue weighted by Crippen LogP contribution is -2.49. The molecule has 1 saturated heterocycles. The van der Waals surface area contributed by atoms with E-state index >= 15 is 0 Å². The summed E-state index contributed by atoms with van der Waals surface area (Å²) in [6.45, 7) is 5.07. The molecule has 0 aromatic heterocycles. The van der Waals surface area contributed by atoms with E-state index in [1.807, 2.05) is 0 Å². The fourth-order valence-electron chi connectivity index (χ4n) is 0.702. The van der Waals surface area contributed by atoms with Crippen molar-refractivity contribution in [1.82, 2.24) is 5.32 Å². The van der Waals surface area contributed by atoms with Crippen molar-refractivity contribution in [2.75, 3.05) is 13.1 Å². The van der Waals surface area contributed by atoms with Crippen LogP contribution in [0.1, 0.15) is 13.8 Å². The molecule has 1 rings (SSSR count). The van der Waals surface area contributed by atoms with E-state index in [9.17, 15) is 4.79 Å². The monoisotopic (exact) mass is 159 g/mol. The van der Waals surface area contributed by atoms with Crippen molar-refractivity contribution < 1.29 is 14.3 Å². The second-order valence-corrected chi connectivity index (χ2v) is 2.81. The minimum atomic E-state index is -0.563. The van der Waals surface area contributed by atoms with Crippen molar-refractivity contribution in [2.45, 2.75) is 26.1 Å². The Hall–Kier alpha value is -0.770. The molecule has 0 aromatic carbocycles. The molecule has 0 radical (unpaired) electrons. The molecule has 1 fully saturated rings. The summed E-state index contributed by atoms with van der Waals surface area (Å²) in [5.41, 5.74) is 0. The third-order valence-electron chi connectivity index (χ3n) is 1.34. The van der Waals surface area contributed by atoms with Crippen molar-refractivity contribution in [3.8, 4) is 0 Å². The fourth-order valence-corrected chi connectivity index (χ4v) is 0.702. The van der Waals surface area contributed by atoms with Gasteiger partial charge in [0.25, 0.3) is 0 Å². The number of carbonyl (C=O) groups is 1. The Morgan fingerprint density at radius 3 is 2.55 bits per heavy atom. The van der Waals surface area contributed by atoms with Gasteiger partial charge in [-0.05, 0) is 13.8 Å². The summed E-state index contributed by atoms with van der Waals surface area (Å²) >= 11 is 0. The lowest BCUT2D eigenvalue weighted by atomic mass is 10.2. The van der Waals surface area contributed by atoms with Gasteiger partial charge in [0.05, 0.1) is 6.10 Å². The van der Waals surface area contributed by atoms with Gasteiger partial charge in [0.1, 0.15) is 6.10 Å². The molecule has 0 amide bonds. The van der Waals surface area contributed by atoms with Crippen LogP contribution in [0.5, 0.6) is 0 Å². The third-order valence-corrected chi connectivity index (χ3v) is 1.34. The second kappa shape index (κ2) is 3.57. The van der Waals surface area contributed by atoms with Crippen LogP contribution in [-0.2, 0) is 9.47 Å². The summed E-state index contributed by atoms with van der Waals surface area (Å²) in [5.74, 6) is 0. The highest BCUT2D eigenvalue weighted by Crippen LogP contribution is 2.01. The van der Waals surface area contributed by atoms with Crippen molar-refractivity contribution >= 4 is 6.16 Å². The fraction of sp³-hybridized carbons (Fsp3) is 0.857. The van der Waals surface area contributed by atoms with Crippen LogP contribution in [0.3, 0.4) is 0 Å². The van der Waals surface area contributed by atoms with Gasteiger partial charge in [0, 0.05) is 13.1 Å². The van der Waals surface area contributed by atoms with E-state index in [-0.39, 0.29) is 12.2 Å². The number of hydrogen-bond acceptors (Lipinski definition) is 4. The summed E-state index contributed by atoms with van der Waals surface area (Å²) in [5, 5.41) is 2.99. The highest BCUT2D eigenvalue weighted by Gasteiger charge is 2.22. The highest BCUT2D eigenvalue weighted by atomic mass is 16.7. The zero-order chi connectivity index (χ0) is 8.27. The average molecular weight is 159 g/mol. The van der Waals surface area contributed by atoms with Gasteiger partial charge in [-0.2, -0.15) is 0 Å². The molecule has 0 atom stereocenters. The Morgan fingerprint density at radius 2 is 2.18 bits per heavy atom. The maximum absolute atomic E-state index is 10.8. The van der Waals surface area contributed by atoms with Gasteiger partial charge in [-0.25, -0.2) is 4.79 Å². The van der Waals surface area contributed by atoms with E-state index in [0.717, 1.165) is 13.1 Å². The number of hydrogen-bond donors (Lipinski definition) is 1. The Kier molecular flexibility index (Phi) is 2.70. The zero-order valence-electron chi connectivity index (χ0n) is 6.79. The van der Waals surface area contributed by atoms with Crippen LogP contribution in [0.25, 0.3) is 0 Å². The van der Waals surface area contributed by atoms with Gasteiger partial charge in [0.15, 0.2) is 0 Å². The zero-order valence-corrected chi connectivity index (χ0v) is 6.79. The van der Waals surface area contributed by atoms with Crippen molar-refractivity contribution in [3.63, 3.8) is 0 Å². The number of nitrogens with one attached hydrogen (secondary N) is 1. The molecule has 0 aliphatic carbocycles. The van der Waals surface area contributed by atoms with E-state index < -0.39 is 6.16 Å². The molecule has 4 nitrogen and oxygen atoms in total. The summed E-state index contributed by atoms with van der Waals surface area (Å²) in [6.07, 6.45) is -0.650. The standard InChI is InChI=1S/C7H13NO3/c1-5(2)10-7(9)11-6-3-8-4-6/h5-6,8H,3-4H2,1-2H3. The van der Waals surface area contributed by atoms with E-state index in [0.29, 0.717) is 0 Å². The Morgan fingerprint density at radius 1 is 1.55 bits per heavy atom. The molecule has 0 saturated carbocycles. The summed E-state index contributed by atoms with van der Waals surface area (Å²) in [6, 6.07) is 0. The number of ether oxygens (including phenoxy) is 2. The second-order valence-electron chi connectivity index (χ2n) is 2.81. The van der Waals surface area contributed by atoms with Crippen molar-refractivity contribution in [1.29, 1.82) is 0 Å². The summed E-state index contributed by atoms with van der Waals surface area (Å²) < 4.78 is 9.64. The SMILES string of the molecule is CC(C)OC(=O)OC1CNC1. The summed E-state index contributed by atoms with van der Waals surface area (Å²) in [7, 11) is 0. The van der Waals surface area contributed by atoms with Crippen LogP contribution in [0, 0.1) is 0 Å². The van der Waals surface area contributed by atoms with Gasteiger partial charge in [0.2, 0.25) is 0 Å². The molecule has 1 heterocycles. The number of carbonyl (C=O) groups excluding carboxylic acids is 1. The Labute approximate surface area is 65.9 Å². The predicted molar refractivity (Wildman–Crippen MR) is 39.4 cm³/mol. The van der Waals surface area contributed by atoms with Crippen LogP contribution < -0.4 is 5.32 Å². The largest absolute Gasteiger partial charge is 0.508 e. The Bertz CT molecular complexity index is 143. The normalized spacial score (nSPS) is 17.7. The molecule has 0 aromatic rings. The third kappa shape index (κ3) is 2.76. The molecule has 1 aliphatic rings. The molecule has 64 valence electrons. The van der Waals surface area contributed by atoms with E-state index in [2.05, 4.69) is 5.32 Å². The van der Waals surface area contributed by atoms with Gasteiger partial charge >= 0.3 is 6.16 Å². The number of rotatable bonds is 2. The predicted octanol–water partition coefficient (Wildman–Crippen LogP) is 0.520. The topological polar surface area (TPSA) is 47.6 Å². The van der Waals surface area contributed by atoms with E-state index in [4.69, 9.17) is 9.47 Å². The minimum absolute atomic E-state index is 0.0150. The van der Waals surface area contributed by atoms with Crippen LogP contribution in [-0.4, -0.2) is 31.5 Å². The molecular weight excluding hydrogens is 146 g/mol. The van der Waals surface area contributed by atoms with Gasteiger partial charge in [-0.15, -0.1) is 0 Å². The highest BCUT2D eigenvalue weighted by molar-refractivity contribution is 5.60. The first-order valence-corrected chi connectivity index (χ1v) is 3.76. The molecule has 11 heavy (non-hydrogen) atoms. The van der Waals surface area contributed by atoms with Crippen LogP contribution >= 0.6 is 0 Å². The summed E-state index contributed by atoms with van der Waals surface area (Å²) in [4.78, 5) is 10.8. The first kappa shape index (κ1) is 8.33. The van der Waals surface area contributed by atoms with Crippen LogP contribution in [0.15, 0.2) is 0 Å². The minimum Gasteiger partial charge on any atom is -0.432 e. The lowest BCUT2D eigenvalue weighted by Gasteiger charge is -2.26. The molecule has 0 spiro atoms. The lowest BCUT2D eigenvalue weighted by molar-refractivity contribution is -0.00772. The van der Waals surface area contributed by atoms with Crippen LogP contribution in [0.2, 0.25) is 0 Å². The van der Waals surface area contributed by atoms with Crippen LogP contribution in [0.4, 0.5) is 4.79 Å². The maximum atomic E-state index is 10.8. The molecular formula is C7H13NO3. The van der Waals surface area contributed by atoms with E-state index in [1.165, 1.54) is 0 Å². The molecule has 4 heteroatoms. The van der Waals surface area contributed by atoms with Gasteiger partial charge < -0.3 is 14.8 Å². The van der Waals surface area contributed by atoms with Crippen molar-refractivity contribution in [3.05, 3.63) is 0 Å². The smallest absolute Gasteiger partial charge is 0.432 e.